The van der Waals surface area contributed by atoms with E-state index in [-0.39, 0.29) is 0 Å². The molecule has 0 fully saturated rings. The number of nitrogens with one attached hydrogen (secondary N) is 1. The summed E-state index contributed by atoms with van der Waals surface area (Å²) in [6.07, 6.45) is 0.975. The zero-order chi connectivity index (χ0) is 14.6. The van der Waals surface area contributed by atoms with Gasteiger partial charge in [-0.05, 0) is 34.6 Å². The Morgan fingerprint density at radius 1 is 1.15 bits per heavy atom. The van der Waals surface area contributed by atoms with Crippen molar-refractivity contribution in [1.29, 1.82) is 0 Å². The van der Waals surface area contributed by atoms with Crippen LogP contribution in [0.15, 0.2) is 39.9 Å². The van der Waals surface area contributed by atoms with Crippen molar-refractivity contribution in [2.75, 3.05) is 0 Å². The van der Waals surface area contributed by atoms with Crippen molar-refractivity contribution in [1.82, 2.24) is 4.72 Å². The molecule has 0 radical (unpaired) electrons. The molecule has 1 aromatic carbocycles. The summed E-state index contributed by atoms with van der Waals surface area (Å²) >= 11 is 1.19. The van der Waals surface area contributed by atoms with Crippen molar-refractivity contribution >= 4 is 21.4 Å². The number of benzene rings is 1. The largest absolute Gasteiger partial charge is 0.326 e. The fourth-order valence-electron chi connectivity index (χ4n) is 1.74. The molecule has 0 aliphatic heterocycles. The zero-order valence-electron chi connectivity index (χ0n) is 11.3. The Morgan fingerprint density at radius 2 is 1.80 bits per heavy atom. The SMILES string of the molecule is CCc1ccc(CNS(=O)(=O)c2cc(CN)cs2)cc1. The van der Waals surface area contributed by atoms with Gasteiger partial charge in [0, 0.05) is 13.1 Å². The minimum atomic E-state index is -3.45. The van der Waals surface area contributed by atoms with Crippen molar-refractivity contribution in [3.8, 4) is 0 Å². The standard InChI is InChI=1S/C14H18N2O2S2/c1-2-11-3-5-12(6-4-11)9-16-20(17,18)14-7-13(8-15)10-19-14/h3-7,10,16H,2,8-9,15H2,1H3. The summed E-state index contributed by atoms with van der Waals surface area (Å²) < 4.78 is 27.1. The highest BCUT2D eigenvalue weighted by Crippen LogP contribution is 2.20. The van der Waals surface area contributed by atoms with Gasteiger partial charge in [0.2, 0.25) is 10.0 Å². The first-order valence-electron chi connectivity index (χ1n) is 6.40. The molecule has 0 aliphatic carbocycles. The minimum absolute atomic E-state index is 0.294. The first-order chi connectivity index (χ1) is 9.55. The molecule has 2 rings (SSSR count). The van der Waals surface area contributed by atoms with E-state index in [4.69, 9.17) is 5.73 Å². The van der Waals surface area contributed by atoms with E-state index in [0.29, 0.717) is 17.3 Å². The number of hydrogen-bond donors (Lipinski definition) is 2. The van der Waals surface area contributed by atoms with E-state index in [1.807, 2.05) is 24.3 Å². The van der Waals surface area contributed by atoms with E-state index in [1.165, 1.54) is 16.9 Å². The van der Waals surface area contributed by atoms with Gasteiger partial charge in [0.25, 0.3) is 0 Å². The summed E-state index contributed by atoms with van der Waals surface area (Å²) in [5.41, 5.74) is 8.51. The summed E-state index contributed by atoms with van der Waals surface area (Å²) in [5, 5.41) is 1.77. The second-order valence-corrected chi connectivity index (χ2v) is 7.38. The van der Waals surface area contributed by atoms with E-state index in [9.17, 15) is 8.42 Å². The molecular weight excluding hydrogens is 292 g/mol. The molecule has 0 atom stereocenters. The molecule has 4 nitrogen and oxygen atoms in total. The molecule has 0 spiro atoms. The Balaban J connectivity index is 2.04. The van der Waals surface area contributed by atoms with Crippen LogP contribution in [0.2, 0.25) is 0 Å². The Hall–Kier alpha value is -1.21. The summed E-state index contributed by atoms with van der Waals surface area (Å²) in [4.78, 5) is 0. The fourth-order valence-corrected chi connectivity index (χ4v) is 4.03. The highest BCUT2D eigenvalue weighted by Gasteiger charge is 2.16. The predicted octanol–water partition coefficient (Wildman–Crippen LogP) is 2.25. The van der Waals surface area contributed by atoms with Gasteiger partial charge in [0.1, 0.15) is 4.21 Å². The maximum absolute atomic E-state index is 12.1. The van der Waals surface area contributed by atoms with Crippen molar-refractivity contribution in [3.63, 3.8) is 0 Å². The first-order valence-corrected chi connectivity index (χ1v) is 8.76. The monoisotopic (exact) mass is 310 g/mol. The zero-order valence-corrected chi connectivity index (χ0v) is 12.9. The van der Waals surface area contributed by atoms with E-state index in [0.717, 1.165) is 17.5 Å². The highest BCUT2D eigenvalue weighted by molar-refractivity contribution is 7.91. The molecule has 20 heavy (non-hydrogen) atoms. The van der Waals surface area contributed by atoms with Gasteiger partial charge in [-0.2, -0.15) is 0 Å². The molecule has 0 saturated heterocycles. The minimum Gasteiger partial charge on any atom is -0.326 e. The maximum atomic E-state index is 12.1. The number of hydrogen-bond acceptors (Lipinski definition) is 4. The number of nitrogens with two attached hydrogens (primary N) is 1. The van der Waals surface area contributed by atoms with E-state index >= 15 is 0 Å². The maximum Gasteiger partial charge on any atom is 0.250 e. The summed E-state index contributed by atoms with van der Waals surface area (Å²) in [6, 6.07) is 9.54. The van der Waals surface area contributed by atoms with Gasteiger partial charge < -0.3 is 5.73 Å². The summed E-state index contributed by atoms with van der Waals surface area (Å²) in [5.74, 6) is 0. The van der Waals surface area contributed by atoms with Gasteiger partial charge in [0.05, 0.1) is 0 Å². The second-order valence-electron chi connectivity index (χ2n) is 4.47. The van der Waals surface area contributed by atoms with Crippen molar-refractivity contribution in [2.45, 2.75) is 30.6 Å². The van der Waals surface area contributed by atoms with Crippen LogP contribution in [-0.4, -0.2) is 8.42 Å². The van der Waals surface area contributed by atoms with Crippen LogP contribution in [0.25, 0.3) is 0 Å². The van der Waals surface area contributed by atoms with Gasteiger partial charge in [-0.1, -0.05) is 31.2 Å². The lowest BCUT2D eigenvalue weighted by molar-refractivity contribution is 0.583. The highest BCUT2D eigenvalue weighted by atomic mass is 32.2. The second kappa shape index (κ2) is 6.49. The summed E-state index contributed by atoms with van der Waals surface area (Å²) in [7, 11) is -3.45. The molecule has 6 heteroatoms. The number of rotatable bonds is 6. The molecule has 0 amide bonds. The van der Waals surface area contributed by atoms with Crippen LogP contribution < -0.4 is 10.5 Å². The van der Waals surface area contributed by atoms with Crippen LogP contribution in [0.3, 0.4) is 0 Å². The van der Waals surface area contributed by atoms with Crippen molar-refractivity contribution in [2.24, 2.45) is 5.73 Å². The van der Waals surface area contributed by atoms with Crippen LogP contribution in [0, 0.1) is 0 Å². The van der Waals surface area contributed by atoms with Crippen molar-refractivity contribution in [3.05, 3.63) is 52.4 Å². The van der Waals surface area contributed by atoms with Gasteiger partial charge in [-0.15, -0.1) is 11.3 Å². The molecule has 1 aromatic heterocycles. The van der Waals surface area contributed by atoms with Crippen LogP contribution in [0.1, 0.15) is 23.6 Å². The third kappa shape index (κ3) is 3.67. The molecule has 0 unspecified atom stereocenters. The topological polar surface area (TPSA) is 72.2 Å². The van der Waals surface area contributed by atoms with E-state index in [2.05, 4.69) is 11.6 Å². The van der Waals surface area contributed by atoms with Crippen LogP contribution in [-0.2, 0) is 29.5 Å². The molecule has 2 aromatic rings. The lowest BCUT2D eigenvalue weighted by Crippen LogP contribution is -2.22. The molecule has 108 valence electrons. The Kier molecular flexibility index (Phi) is 4.93. The molecule has 0 bridgehead atoms. The predicted molar refractivity (Wildman–Crippen MR) is 82.1 cm³/mol. The number of sulfonamides is 1. The lowest BCUT2D eigenvalue weighted by Gasteiger charge is -2.05. The van der Waals surface area contributed by atoms with Gasteiger partial charge >= 0.3 is 0 Å². The van der Waals surface area contributed by atoms with Crippen molar-refractivity contribution < 1.29 is 8.42 Å². The van der Waals surface area contributed by atoms with Gasteiger partial charge in [-0.3, -0.25) is 0 Å². The molecule has 1 heterocycles. The van der Waals surface area contributed by atoms with E-state index in [1.54, 1.807) is 11.4 Å². The van der Waals surface area contributed by atoms with Gasteiger partial charge in [-0.25, -0.2) is 13.1 Å². The normalized spacial score (nSPS) is 11.7. The average molecular weight is 310 g/mol. The Morgan fingerprint density at radius 3 is 2.35 bits per heavy atom. The van der Waals surface area contributed by atoms with Crippen LogP contribution >= 0.6 is 11.3 Å². The number of aryl methyl sites for hydroxylation is 1. The third-order valence-corrected chi connectivity index (χ3v) is 5.92. The third-order valence-electron chi connectivity index (χ3n) is 3.03. The summed E-state index contributed by atoms with van der Waals surface area (Å²) in [6.45, 7) is 2.73. The first kappa shape index (κ1) is 15.2. The smallest absolute Gasteiger partial charge is 0.250 e. The molecule has 3 N–H and O–H groups in total. The molecule has 0 saturated carbocycles. The number of thiophene rings is 1. The quantitative estimate of drug-likeness (QED) is 0.859. The average Bonchev–Trinajstić information content (AvgIpc) is 2.95. The molecular formula is C14H18N2O2S2. The lowest BCUT2D eigenvalue weighted by atomic mass is 10.1. The van der Waals surface area contributed by atoms with Crippen LogP contribution in [0.5, 0.6) is 0 Å². The fraction of sp³-hybridized carbons (Fsp3) is 0.286. The molecule has 0 aliphatic rings. The van der Waals surface area contributed by atoms with Crippen LogP contribution in [0.4, 0.5) is 0 Å². The van der Waals surface area contributed by atoms with Gasteiger partial charge in [0.15, 0.2) is 0 Å². The Labute approximate surface area is 123 Å². The van der Waals surface area contributed by atoms with E-state index < -0.39 is 10.0 Å². The Bertz CT molecular complexity index is 661.